The molecular formula is C13H25NO2S. The van der Waals surface area contributed by atoms with Crippen LogP contribution in [0.1, 0.15) is 45.4 Å². The SMILES string of the molecule is CCCCOCCCNC(=O)CC1(CS)CC1. The monoisotopic (exact) mass is 259 g/mol. The lowest BCUT2D eigenvalue weighted by Crippen LogP contribution is -2.28. The molecule has 1 amide bonds. The van der Waals surface area contributed by atoms with Crippen LogP contribution in [-0.4, -0.2) is 31.4 Å². The molecule has 0 spiro atoms. The number of hydrogen-bond acceptors (Lipinski definition) is 3. The van der Waals surface area contributed by atoms with E-state index >= 15 is 0 Å². The van der Waals surface area contributed by atoms with E-state index < -0.39 is 0 Å². The Balaban J connectivity index is 1.90. The minimum atomic E-state index is 0.171. The molecule has 1 aliphatic rings. The maximum absolute atomic E-state index is 11.6. The molecule has 0 heterocycles. The van der Waals surface area contributed by atoms with Crippen LogP contribution < -0.4 is 5.32 Å². The standard InChI is InChI=1S/C13H25NO2S/c1-2-3-8-16-9-4-7-14-12(15)10-13(11-17)5-6-13/h17H,2-11H2,1H3,(H,14,15). The lowest BCUT2D eigenvalue weighted by atomic mass is 10.1. The smallest absolute Gasteiger partial charge is 0.220 e. The molecule has 1 N–H and O–H groups in total. The topological polar surface area (TPSA) is 38.3 Å². The Labute approximate surface area is 110 Å². The number of carbonyl (C=O) groups is 1. The van der Waals surface area contributed by atoms with Gasteiger partial charge < -0.3 is 10.1 Å². The summed E-state index contributed by atoms with van der Waals surface area (Å²) in [7, 11) is 0. The van der Waals surface area contributed by atoms with Crippen molar-refractivity contribution in [1.82, 2.24) is 5.32 Å². The summed E-state index contributed by atoms with van der Waals surface area (Å²) in [6.45, 7) is 4.47. The Morgan fingerprint density at radius 1 is 1.35 bits per heavy atom. The van der Waals surface area contributed by atoms with E-state index in [1.807, 2.05) is 0 Å². The quantitative estimate of drug-likeness (QED) is 0.467. The Morgan fingerprint density at radius 3 is 2.65 bits per heavy atom. The Morgan fingerprint density at radius 2 is 2.06 bits per heavy atom. The van der Waals surface area contributed by atoms with Crippen LogP contribution in [0.2, 0.25) is 0 Å². The fourth-order valence-corrected chi connectivity index (χ4v) is 2.15. The molecular weight excluding hydrogens is 234 g/mol. The van der Waals surface area contributed by atoms with Gasteiger partial charge in [0.1, 0.15) is 0 Å². The molecule has 1 rings (SSSR count). The highest BCUT2D eigenvalue weighted by Crippen LogP contribution is 2.49. The summed E-state index contributed by atoms with van der Waals surface area (Å²) in [6, 6.07) is 0. The van der Waals surface area contributed by atoms with E-state index in [1.54, 1.807) is 0 Å². The molecule has 3 nitrogen and oxygen atoms in total. The van der Waals surface area contributed by atoms with E-state index in [4.69, 9.17) is 4.74 Å². The number of rotatable bonds is 10. The fraction of sp³-hybridized carbons (Fsp3) is 0.923. The molecule has 0 atom stereocenters. The number of carbonyl (C=O) groups excluding carboxylic acids is 1. The Hall–Kier alpha value is -0.220. The summed E-state index contributed by atoms with van der Waals surface area (Å²) in [5, 5.41) is 2.95. The molecule has 1 saturated carbocycles. The zero-order valence-corrected chi connectivity index (χ0v) is 11.7. The average Bonchev–Trinajstić information content (AvgIpc) is 3.08. The summed E-state index contributed by atoms with van der Waals surface area (Å²) in [5.74, 6) is 1.01. The molecule has 0 saturated heterocycles. The normalized spacial score (nSPS) is 16.8. The fourth-order valence-electron chi connectivity index (χ4n) is 1.72. The van der Waals surface area contributed by atoms with Crippen LogP contribution in [0.25, 0.3) is 0 Å². The van der Waals surface area contributed by atoms with Crippen molar-refractivity contribution >= 4 is 18.5 Å². The number of ether oxygens (including phenoxy) is 1. The minimum absolute atomic E-state index is 0.171. The summed E-state index contributed by atoms with van der Waals surface area (Å²) >= 11 is 4.30. The van der Waals surface area contributed by atoms with Crippen LogP contribution in [0.4, 0.5) is 0 Å². The van der Waals surface area contributed by atoms with E-state index in [1.165, 1.54) is 6.42 Å². The van der Waals surface area contributed by atoms with E-state index in [-0.39, 0.29) is 11.3 Å². The van der Waals surface area contributed by atoms with Crippen LogP contribution in [0.5, 0.6) is 0 Å². The predicted molar refractivity (Wildman–Crippen MR) is 73.5 cm³/mol. The number of thiol groups is 1. The molecule has 17 heavy (non-hydrogen) atoms. The first-order chi connectivity index (χ1) is 8.22. The third kappa shape index (κ3) is 6.32. The van der Waals surface area contributed by atoms with Crippen LogP contribution >= 0.6 is 12.6 Å². The molecule has 0 aromatic carbocycles. The second kappa shape index (κ2) is 7.98. The van der Waals surface area contributed by atoms with E-state index in [0.717, 1.165) is 51.2 Å². The van der Waals surface area contributed by atoms with Crippen molar-refractivity contribution < 1.29 is 9.53 Å². The first-order valence-corrected chi connectivity index (χ1v) is 7.31. The summed E-state index contributed by atoms with van der Waals surface area (Å²) in [5.41, 5.74) is 0.227. The minimum Gasteiger partial charge on any atom is -0.381 e. The molecule has 0 bridgehead atoms. The lowest BCUT2D eigenvalue weighted by molar-refractivity contribution is -0.122. The molecule has 0 aliphatic heterocycles. The second-order valence-corrected chi connectivity index (χ2v) is 5.32. The van der Waals surface area contributed by atoms with Gasteiger partial charge >= 0.3 is 0 Å². The van der Waals surface area contributed by atoms with E-state index in [2.05, 4.69) is 24.9 Å². The zero-order chi connectivity index (χ0) is 12.6. The van der Waals surface area contributed by atoms with Gasteiger partial charge in [0.05, 0.1) is 0 Å². The summed E-state index contributed by atoms with van der Waals surface area (Å²) < 4.78 is 5.43. The van der Waals surface area contributed by atoms with Gasteiger partial charge in [-0.05, 0) is 36.9 Å². The van der Waals surface area contributed by atoms with Gasteiger partial charge in [-0.1, -0.05) is 13.3 Å². The Kier molecular flexibility index (Phi) is 6.97. The number of hydrogen-bond donors (Lipinski definition) is 2. The molecule has 0 aromatic rings. The zero-order valence-electron chi connectivity index (χ0n) is 10.8. The van der Waals surface area contributed by atoms with Gasteiger partial charge in [0, 0.05) is 26.2 Å². The van der Waals surface area contributed by atoms with Crippen molar-refractivity contribution in [2.24, 2.45) is 5.41 Å². The van der Waals surface area contributed by atoms with Crippen LogP contribution in [-0.2, 0) is 9.53 Å². The molecule has 0 radical (unpaired) electrons. The number of nitrogens with one attached hydrogen (secondary N) is 1. The van der Waals surface area contributed by atoms with Crippen molar-refractivity contribution in [3.63, 3.8) is 0 Å². The maximum atomic E-state index is 11.6. The summed E-state index contributed by atoms with van der Waals surface area (Å²) in [4.78, 5) is 11.6. The molecule has 1 fully saturated rings. The highest BCUT2D eigenvalue weighted by molar-refractivity contribution is 7.80. The average molecular weight is 259 g/mol. The maximum Gasteiger partial charge on any atom is 0.220 e. The molecule has 0 aromatic heterocycles. The predicted octanol–water partition coefficient (Wildman–Crippen LogP) is 2.41. The van der Waals surface area contributed by atoms with Gasteiger partial charge in [-0.25, -0.2) is 0 Å². The van der Waals surface area contributed by atoms with Crippen molar-refractivity contribution in [1.29, 1.82) is 0 Å². The van der Waals surface area contributed by atoms with Gasteiger partial charge in [-0.3, -0.25) is 4.79 Å². The lowest BCUT2D eigenvalue weighted by Gasteiger charge is -2.11. The van der Waals surface area contributed by atoms with Gasteiger partial charge in [0.15, 0.2) is 0 Å². The van der Waals surface area contributed by atoms with Gasteiger partial charge in [-0.15, -0.1) is 0 Å². The third-order valence-corrected chi connectivity index (χ3v) is 3.93. The Bertz CT molecular complexity index is 229. The number of unbranched alkanes of at least 4 members (excludes halogenated alkanes) is 1. The van der Waals surface area contributed by atoms with Gasteiger partial charge in [0.2, 0.25) is 5.91 Å². The van der Waals surface area contributed by atoms with E-state index in [0.29, 0.717) is 6.42 Å². The molecule has 100 valence electrons. The van der Waals surface area contributed by atoms with E-state index in [9.17, 15) is 4.79 Å². The summed E-state index contributed by atoms with van der Waals surface area (Å²) in [6.07, 6.45) is 6.16. The van der Waals surface area contributed by atoms with Crippen LogP contribution in [0, 0.1) is 5.41 Å². The molecule has 4 heteroatoms. The first-order valence-electron chi connectivity index (χ1n) is 6.68. The van der Waals surface area contributed by atoms with Crippen molar-refractivity contribution in [3.8, 4) is 0 Å². The van der Waals surface area contributed by atoms with Crippen molar-refractivity contribution in [2.45, 2.75) is 45.4 Å². The van der Waals surface area contributed by atoms with Crippen LogP contribution in [0.15, 0.2) is 0 Å². The van der Waals surface area contributed by atoms with Crippen molar-refractivity contribution in [3.05, 3.63) is 0 Å². The second-order valence-electron chi connectivity index (χ2n) is 5.00. The van der Waals surface area contributed by atoms with Crippen LogP contribution in [0.3, 0.4) is 0 Å². The first kappa shape index (κ1) is 14.8. The molecule has 1 aliphatic carbocycles. The highest BCUT2D eigenvalue weighted by Gasteiger charge is 2.42. The largest absolute Gasteiger partial charge is 0.381 e. The number of amides is 1. The van der Waals surface area contributed by atoms with Crippen molar-refractivity contribution in [2.75, 3.05) is 25.5 Å². The third-order valence-electron chi connectivity index (χ3n) is 3.26. The van der Waals surface area contributed by atoms with Gasteiger partial charge in [0.25, 0.3) is 0 Å². The highest BCUT2D eigenvalue weighted by atomic mass is 32.1. The van der Waals surface area contributed by atoms with Gasteiger partial charge in [-0.2, -0.15) is 12.6 Å². The molecule has 0 unspecified atom stereocenters.